The summed E-state index contributed by atoms with van der Waals surface area (Å²) < 4.78 is 4.95. The lowest BCUT2D eigenvalue weighted by atomic mass is 10.0. The molecule has 1 amide bonds. The van der Waals surface area contributed by atoms with Crippen molar-refractivity contribution in [1.29, 1.82) is 0 Å². The fourth-order valence-corrected chi connectivity index (χ4v) is 2.82. The summed E-state index contributed by atoms with van der Waals surface area (Å²) in [4.78, 5) is 13.2. The van der Waals surface area contributed by atoms with Gasteiger partial charge in [0, 0.05) is 6.04 Å². The summed E-state index contributed by atoms with van der Waals surface area (Å²) in [5.41, 5.74) is 0. The van der Waals surface area contributed by atoms with Crippen LogP contribution in [0.25, 0.3) is 0 Å². The molecule has 0 N–H and O–H groups in total. The Morgan fingerprint density at radius 1 is 1.38 bits per heavy atom. The molecule has 1 saturated carbocycles. The Balaban J connectivity index is 1.79. The largest absolute Gasteiger partial charge is 0.448 e. The molecule has 0 aromatic carbocycles. The van der Waals surface area contributed by atoms with E-state index in [1.54, 1.807) is 0 Å². The Labute approximate surface area is 77.4 Å². The smallest absolute Gasteiger partial charge is 0.410 e. The highest BCUT2D eigenvalue weighted by Crippen LogP contribution is 2.42. The Kier molecular flexibility index (Phi) is 1.43. The molecule has 3 heteroatoms. The van der Waals surface area contributed by atoms with Crippen molar-refractivity contribution in [3.8, 4) is 0 Å². The average molecular weight is 179 g/mol. The van der Waals surface area contributed by atoms with Crippen LogP contribution in [-0.4, -0.2) is 30.2 Å². The van der Waals surface area contributed by atoms with Crippen LogP contribution in [0.1, 0.15) is 12.8 Å². The molecule has 1 saturated heterocycles. The maximum atomic E-state index is 11.3. The van der Waals surface area contributed by atoms with Gasteiger partial charge in [-0.2, -0.15) is 0 Å². The molecule has 0 radical (unpaired) electrons. The van der Waals surface area contributed by atoms with Gasteiger partial charge in [-0.05, 0) is 24.7 Å². The van der Waals surface area contributed by atoms with Gasteiger partial charge >= 0.3 is 6.09 Å². The number of fused-ring (bicyclic) bond motifs is 2. The van der Waals surface area contributed by atoms with E-state index in [0.717, 1.165) is 18.9 Å². The number of carbonyl (C=O) groups excluding carboxylic acids is 1. The van der Waals surface area contributed by atoms with Crippen LogP contribution in [0.3, 0.4) is 0 Å². The maximum Gasteiger partial charge on any atom is 0.410 e. The molecule has 2 aliphatic carbocycles. The van der Waals surface area contributed by atoms with E-state index < -0.39 is 0 Å². The van der Waals surface area contributed by atoms with Gasteiger partial charge in [0.1, 0.15) is 6.61 Å². The van der Waals surface area contributed by atoms with Crippen molar-refractivity contribution in [1.82, 2.24) is 4.90 Å². The Bertz CT molecular complexity index is 274. The summed E-state index contributed by atoms with van der Waals surface area (Å²) >= 11 is 0. The van der Waals surface area contributed by atoms with Crippen LogP contribution >= 0.6 is 0 Å². The lowest BCUT2D eigenvalue weighted by molar-refractivity contribution is 0.143. The number of ether oxygens (including phenoxy) is 1. The van der Waals surface area contributed by atoms with E-state index in [-0.39, 0.29) is 6.09 Å². The van der Waals surface area contributed by atoms with Crippen molar-refractivity contribution in [2.45, 2.75) is 18.9 Å². The first-order valence-corrected chi connectivity index (χ1v) is 4.96. The van der Waals surface area contributed by atoms with Gasteiger partial charge in [-0.3, -0.25) is 0 Å². The summed E-state index contributed by atoms with van der Waals surface area (Å²) in [6, 6.07) is 0.435. The molecule has 3 atom stereocenters. The van der Waals surface area contributed by atoms with E-state index in [1.165, 1.54) is 6.42 Å². The van der Waals surface area contributed by atoms with E-state index in [2.05, 4.69) is 12.2 Å². The molecule has 0 unspecified atom stereocenters. The van der Waals surface area contributed by atoms with Crippen molar-refractivity contribution in [2.24, 2.45) is 11.8 Å². The highest BCUT2D eigenvalue weighted by Gasteiger charge is 2.42. The highest BCUT2D eigenvalue weighted by molar-refractivity contribution is 5.70. The minimum Gasteiger partial charge on any atom is -0.448 e. The summed E-state index contributed by atoms with van der Waals surface area (Å²) in [5, 5.41) is 0. The molecule has 1 heterocycles. The van der Waals surface area contributed by atoms with Crippen LogP contribution in [0.2, 0.25) is 0 Å². The molecule has 2 fully saturated rings. The first-order chi connectivity index (χ1) is 6.34. The van der Waals surface area contributed by atoms with E-state index in [4.69, 9.17) is 4.74 Å². The number of hydrogen-bond acceptors (Lipinski definition) is 2. The van der Waals surface area contributed by atoms with Gasteiger partial charge in [-0.15, -0.1) is 0 Å². The highest BCUT2D eigenvalue weighted by atomic mass is 16.6. The van der Waals surface area contributed by atoms with Crippen molar-refractivity contribution in [3.63, 3.8) is 0 Å². The molecule has 0 aromatic heterocycles. The molecule has 3 rings (SSSR count). The van der Waals surface area contributed by atoms with Gasteiger partial charge in [0.05, 0.1) is 6.54 Å². The number of carbonyl (C=O) groups is 1. The average Bonchev–Trinajstić information content (AvgIpc) is 2.77. The number of amides is 1. The molecule has 13 heavy (non-hydrogen) atoms. The lowest BCUT2D eigenvalue weighted by Gasteiger charge is -2.26. The van der Waals surface area contributed by atoms with Crippen LogP contribution in [0.15, 0.2) is 12.2 Å². The zero-order chi connectivity index (χ0) is 8.84. The number of nitrogens with zero attached hydrogens (tertiary/aromatic N) is 1. The predicted molar refractivity (Wildman–Crippen MR) is 47.2 cm³/mol. The number of allylic oxidation sites excluding steroid dienone is 1. The van der Waals surface area contributed by atoms with Crippen molar-refractivity contribution >= 4 is 6.09 Å². The molecule has 70 valence electrons. The molecule has 3 nitrogen and oxygen atoms in total. The van der Waals surface area contributed by atoms with Gasteiger partial charge in [-0.25, -0.2) is 4.79 Å². The molecule has 2 bridgehead atoms. The minimum absolute atomic E-state index is 0.106. The van der Waals surface area contributed by atoms with Crippen LogP contribution in [0, 0.1) is 11.8 Å². The monoisotopic (exact) mass is 179 g/mol. The predicted octanol–water partition coefficient (Wildman–Crippen LogP) is 1.40. The third kappa shape index (κ3) is 0.992. The quantitative estimate of drug-likeness (QED) is 0.569. The van der Waals surface area contributed by atoms with Crippen LogP contribution in [-0.2, 0) is 4.74 Å². The third-order valence-corrected chi connectivity index (χ3v) is 3.44. The molecule has 0 aromatic rings. The second-order valence-corrected chi connectivity index (χ2v) is 4.16. The van der Waals surface area contributed by atoms with E-state index >= 15 is 0 Å². The zero-order valence-electron chi connectivity index (χ0n) is 7.48. The third-order valence-electron chi connectivity index (χ3n) is 3.44. The number of cyclic esters (lactones) is 1. The van der Waals surface area contributed by atoms with Crippen molar-refractivity contribution in [3.05, 3.63) is 12.2 Å². The molecule has 0 spiro atoms. The summed E-state index contributed by atoms with van der Waals surface area (Å²) in [5.74, 6) is 1.33. The zero-order valence-corrected chi connectivity index (χ0v) is 7.48. The minimum atomic E-state index is -0.106. The summed E-state index contributed by atoms with van der Waals surface area (Å²) in [7, 11) is 0. The Hall–Kier alpha value is -0.990. The normalized spacial score (nSPS) is 41.7. The van der Waals surface area contributed by atoms with Gasteiger partial charge in [-0.1, -0.05) is 12.2 Å². The lowest BCUT2D eigenvalue weighted by Crippen LogP contribution is -2.38. The second kappa shape index (κ2) is 2.50. The van der Waals surface area contributed by atoms with E-state index in [0.29, 0.717) is 18.6 Å². The first kappa shape index (κ1) is 7.42. The number of hydrogen-bond donors (Lipinski definition) is 0. The molecule has 3 aliphatic rings. The second-order valence-electron chi connectivity index (χ2n) is 4.16. The molecule has 1 aliphatic heterocycles. The van der Waals surface area contributed by atoms with Crippen LogP contribution in [0.5, 0.6) is 0 Å². The van der Waals surface area contributed by atoms with E-state index in [9.17, 15) is 4.79 Å². The van der Waals surface area contributed by atoms with Crippen LogP contribution in [0.4, 0.5) is 4.79 Å². The van der Waals surface area contributed by atoms with E-state index in [1.807, 2.05) is 4.90 Å². The maximum absolute atomic E-state index is 11.3. The van der Waals surface area contributed by atoms with Gasteiger partial charge < -0.3 is 9.64 Å². The summed E-state index contributed by atoms with van der Waals surface area (Å²) in [6.07, 6.45) is 6.85. The van der Waals surface area contributed by atoms with Gasteiger partial charge in [0.15, 0.2) is 0 Å². The summed E-state index contributed by atoms with van der Waals surface area (Å²) in [6.45, 7) is 1.37. The van der Waals surface area contributed by atoms with Gasteiger partial charge in [0.25, 0.3) is 0 Å². The molecular formula is C10H13NO2. The van der Waals surface area contributed by atoms with Crippen molar-refractivity contribution in [2.75, 3.05) is 13.2 Å². The topological polar surface area (TPSA) is 29.5 Å². The van der Waals surface area contributed by atoms with Crippen LogP contribution < -0.4 is 0 Å². The Morgan fingerprint density at radius 3 is 2.85 bits per heavy atom. The Morgan fingerprint density at radius 2 is 2.31 bits per heavy atom. The SMILES string of the molecule is O=C1OCCN1[C@H]1C[C@H]2C=C[C@@H]1C2. The standard InChI is InChI=1S/C10H13NO2/c12-10-11(3-4-13-10)9-6-7-1-2-8(9)5-7/h1-2,7-9H,3-6H2/t7-,8+,9-/m0/s1. The molecular weight excluding hydrogens is 166 g/mol. The number of rotatable bonds is 1. The van der Waals surface area contributed by atoms with Gasteiger partial charge in [0.2, 0.25) is 0 Å². The van der Waals surface area contributed by atoms with Crippen molar-refractivity contribution < 1.29 is 9.53 Å². The first-order valence-electron chi connectivity index (χ1n) is 4.96. The fraction of sp³-hybridized carbons (Fsp3) is 0.700. The fourth-order valence-electron chi connectivity index (χ4n) is 2.82.